The largest absolute Gasteiger partial charge is 0.497 e. The first-order chi connectivity index (χ1) is 11.9. The molecule has 0 spiro atoms. The van der Waals surface area contributed by atoms with Gasteiger partial charge in [0.05, 0.1) is 13.7 Å². The molecule has 0 amide bonds. The molecule has 0 aliphatic carbocycles. The molecule has 0 aromatic heterocycles. The molecule has 1 saturated heterocycles. The molecular weight excluding hydrogens is 336 g/mol. The Balaban J connectivity index is 2.23. The monoisotopic (exact) mass is 356 g/mol. The fraction of sp³-hybridized carbons (Fsp3) is 0.438. The Morgan fingerprint density at radius 1 is 1.24 bits per heavy atom. The van der Waals surface area contributed by atoms with Crippen LogP contribution in [0.3, 0.4) is 0 Å². The number of aliphatic hydroxyl groups is 4. The van der Waals surface area contributed by atoms with Gasteiger partial charge in [0, 0.05) is 0 Å². The van der Waals surface area contributed by atoms with Crippen molar-refractivity contribution in [2.75, 3.05) is 13.7 Å². The highest BCUT2D eigenvalue weighted by Crippen LogP contribution is 2.25. The van der Waals surface area contributed by atoms with Gasteiger partial charge < -0.3 is 39.7 Å². The predicted octanol–water partition coefficient (Wildman–Crippen LogP) is -1.06. The topological polar surface area (TPSA) is 146 Å². The second kappa shape index (κ2) is 8.28. The lowest BCUT2D eigenvalue weighted by atomic mass is 9.99. The van der Waals surface area contributed by atoms with Crippen LogP contribution in [-0.4, -0.2) is 75.9 Å². The van der Waals surface area contributed by atoms with Gasteiger partial charge in [0.25, 0.3) is 0 Å². The number of carboxylic acid groups (broad SMARTS) is 1. The van der Waals surface area contributed by atoms with E-state index in [0.717, 1.165) is 0 Å². The van der Waals surface area contributed by atoms with E-state index >= 15 is 0 Å². The van der Waals surface area contributed by atoms with Crippen LogP contribution in [0.2, 0.25) is 0 Å². The molecule has 138 valence electrons. The van der Waals surface area contributed by atoms with Gasteiger partial charge in [-0.2, -0.15) is 0 Å². The lowest BCUT2D eigenvalue weighted by molar-refractivity contribution is -0.291. The van der Waals surface area contributed by atoms with Crippen LogP contribution in [0.15, 0.2) is 30.0 Å². The summed E-state index contributed by atoms with van der Waals surface area (Å²) < 4.78 is 15.3. The molecule has 2 rings (SSSR count). The molecule has 0 unspecified atom stereocenters. The number of rotatable bonds is 6. The highest BCUT2D eigenvalue weighted by Gasteiger charge is 2.45. The third-order valence-corrected chi connectivity index (χ3v) is 3.69. The summed E-state index contributed by atoms with van der Waals surface area (Å²) in [4.78, 5) is 11.4. The molecular formula is C16H20O9. The lowest BCUT2D eigenvalue weighted by Gasteiger charge is -2.39. The molecule has 9 heteroatoms. The van der Waals surface area contributed by atoms with Crippen LogP contribution in [0.5, 0.6) is 5.75 Å². The van der Waals surface area contributed by atoms with Gasteiger partial charge >= 0.3 is 5.97 Å². The summed E-state index contributed by atoms with van der Waals surface area (Å²) in [6.45, 7) is -0.646. The van der Waals surface area contributed by atoms with E-state index < -0.39 is 49.0 Å². The van der Waals surface area contributed by atoms with E-state index in [1.54, 1.807) is 24.3 Å². The first kappa shape index (κ1) is 19.2. The Bertz CT molecular complexity index is 628. The smallest absolute Gasteiger partial charge is 0.371 e. The zero-order valence-electron chi connectivity index (χ0n) is 13.3. The van der Waals surface area contributed by atoms with Gasteiger partial charge in [0.1, 0.15) is 30.2 Å². The van der Waals surface area contributed by atoms with Gasteiger partial charge in [-0.15, -0.1) is 0 Å². The zero-order valence-corrected chi connectivity index (χ0v) is 13.3. The molecule has 1 aromatic rings. The summed E-state index contributed by atoms with van der Waals surface area (Å²) in [5, 5.41) is 47.8. The summed E-state index contributed by atoms with van der Waals surface area (Å²) in [5.74, 6) is -1.48. The predicted molar refractivity (Wildman–Crippen MR) is 83.5 cm³/mol. The quantitative estimate of drug-likeness (QED) is 0.318. The average Bonchev–Trinajstić information content (AvgIpc) is 2.61. The molecule has 1 fully saturated rings. The Hall–Kier alpha value is -2.17. The number of benzene rings is 1. The fourth-order valence-corrected chi connectivity index (χ4v) is 2.32. The van der Waals surface area contributed by atoms with Gasteiger partial charge in [-0.1, -0.05) is 12.1 Å². The first-order valence-electron chi connectivity index (χ1n) is 7.43. The molecule has 5 atom stereocenters. The number of aliphatic hydroxyl groups excluding tert-OH is 4. The number of hydrogen-bond acceptors (Lipinski definition) is 8. The van der Waals surface area contributed by atoms with Gasteiger partial charge in [-0.05, 0) is 23.8 Å². The van der Waals surface area contributed by atoms with Crippen LogP contribution in [0.25, 0.3) is 6.08 Å². The van der Waals surface area contributed by atoms with Crippen molar-refractivity contribution in [2.45, 2.75) is 30.7 Å². The minimum absolute atomic E-state index is 0.460. The van der Waals surface area contributed by atoms with Crippen LogP contribution in [0.4, 0.5) is 0 Å². The second-order valence-electron chi connectivity index (χ2n) is 5.41. The van der Waals surface area contributed by atoms with Crippen molar-refractivity contribution < 1.29 is 44.5 Å². The van der Waals surface area contributed by atoms with Crippen molar-refractivity contribution in [3.63, 3.8) is 0 Å². The Kier molecular flexibility index (Phi) is 6.34. The van der Waals surface area contributed by atoms with Gasteiger partial charge in [-0.25, -0.2) is 4.79 Å². The van der Waals surface area contributed by atoms with E-state index in [0.29, 0.717) is 11.3 Å². The SMILES string of the molecule is COc1cccc(/C=C(\O[C@H]2O[C@@H](CO)[C@@H](O)[C@@H](O)[C@@H]2O)C(=O)O)c1. The summed E-state index contributed by atoms with van der Waals surface area (Å²) in [7, 11) is 1.46. The fourth-order valence-electron chi connectivity index (χ4n) is 2.32. The average molecular weight is 356 g/mol. The molecule has 5 N–H and O–H groups in total. The number of methoxy groups -OCH3 is 1. The van der Waals surface area contributed by atoms with Gasteiger partial charge in [-0.3, -0.25) is 0 Å². The third kappa shape index (κ3) is 4.47. The Morgan fingerprint density at radius 3 is 2.56 bits per heavy atom. The maximum atomic E-state index is 11.4. The number of aliphatic carboxylic acids is 1. The minimum Gasteiger partial charge on any atom is -0.497 e. The molecule has 0 radical (unpaired) electrons. The molecule has 25 heavy (non-hydrogen) atoms. The standard InChI is InChI=1S/C16H20O9/c1-23-9-4-2-3-8(5-9)6-10(15(21)22)24-16-14(20)13(19)12(18)11(7-17)25-16/h2-6,11-14,16-20H,7H2,1H3,(H,21,22)/b10-6-/t11-,12+,13+,14-,16-/m0/s1. The second-order valence-corrected chi connectivity index (χ2v) is 5.41. The maximum Gasteiger partial charge on any atom is 0.371 e. The summed E-state index contributed by atoms with van der Waals surface area (Å²) in [5.41, 5.74) is 0.460. The van der Waals surface area contributed by atoms with Gasteiger partial charge in [0.15, 0.2) is 0 Å². The number of carboxylic acids is 1. The van der Waals surface area contributed by atoms with Crippen molar-refractivity contribution in [1.29, 1.82) is 0 Å². The van der Waals surface area contributed by atoms with E-state index in [1.807, 2.05) is 0 Å². The summed E-state index contributed by atoms with van der Waals surface area (Å²) in [6, 6.07) is 6.51. The third-order valence-electron chi connectivity index (χ3n) is 3.69. The Morgan fingerprint density at radius 2 is 1.96 bits per heavy atom. The lowest BCUT2D eigenvalue weighted by Crippen LogP contribution is -2.59. The maximum absolute atomic E-state index is 11.4. The van der Waals surface area contributed by atoms with Crippen LogP contribution >= 0.6 is 0 Å². The number of hydrogen-bond donors (Lipinski definition) is 5. The Labute approximate surface area is 143 Å². The van der Waals surface area contributed by atoms with E-state index in [2.05, 4.69) is 0 Å². The summed E-state index contributed by atoms with van der Waals surface area (Å²) >= 11 is 0. The molecule has 1 aliphatic heterocycles. The van der Waals surface area contributed by atoms with E-state index in [9.17, 15) is 25.2 Å². The van der Waals surface area contributed by atoms with Gasteiger partial charge in [0.2, 0.25) is 12.0 Å². The highest BCUT2D eigenvalue weighted by molar-refractivity contribution is 5.89. The van der Waals surface area contributed by atoms with Crippen molar-refractivity contribution >= 4 is 12.0 Å². The van der Waals surface area contributed by atoms with Crippen molar-refractivity contribution in [2.24, 2.45) is 0 Å². The van der Waals surface area contributed by atoms with Crippen LogP contribution in [-0.2, 0) is 14.3 Å². The molecule has 9 nitrogen and oxygen atoms in total. The van der Waals surface area contributed by atoms with Crippen LogP contribution < -0.4 is 4.74 Å². The highest BCUT2D eigenvalue weighted by atomic mass is 16.7. The molecule has 1 aliphatic rings. The molecule has 0 bridgehead atoms. The number of carbonyl (C=O) groups is 1. The zero-order chi connectivity index (χ0) is 18.6. The van der Waals surface area contributed by atoms with Crippen LogP contribution in [0, 0.1) is 0 Å². The molecule has 1 aromatic carbocycles. The normalized spacial score (nSPS) is 30.0. The van der Waals surface area contributed by atoms with Crippen molar-refractivity contribution in [3.05, 3.63) is 35.6 Å². The van der Waals surface area contributed by atoms with Crippen LogP contribution in [0.1, 0.15) is 5.56 Å². The van der Waals surface area contributed by atoms with Crippen molar-refractivity contribution in [1.82, 2.24) is 0 Å². The summed E-state index contributed by atoms with van der Waals surface area (Å²) in [6.07, 6.45) is -6.52. The minimum atomic E-state index is -1.70. The van der Waals surface area contributed by atoms with Crippen molar-refractivity contribution in [3.8, 4) is 5.75 Å². The van der Waals surface area contributed by atoms with E-state index in [4.69, 9.17) is 19.3 Å². The number of ether oxygens (including phenoxy) is 3. The first-order valence-corrected chi connectivity index (χ1v) is 7.43. The van der Waals surface area contributed by atoms with E-state index in [-0.39, 0.29) is 0 Å². The molecule has 1 heterocycles. The molecule has 0 saturated carbocycles. The van der Waals surface area contributed by atoms with E-state index in [1.165, 1.54) is 13.2 Å².